The fraction of sp³-hybridized carbons (Fsp3) is 0.500. The molecule has 0 saturated heterocycles. The van der Waals surface area contributed by atoms with Crippen molar-refractivity contribution in [2.24, 2.45) is 0 Å². The fourth-order valence-corrected chi connectivity index (χ4v) is 2.48. The Balaban J connectivity index is 2.07. The van der Waals surface area contributed by atoms with E-state index in [0.717, 1.165) is 25.2 Å². The SMILES string of the molecule is CCNC(Cc1ccccc1)Cc1ncnn1C(C)C. The predicted octanol–water partition coefficient (Wildman–Crippen LogP) is 2.62. The van der Waals surface area contributed by atoms with Crippen molar-refractivity contribution in [1.29, 1.82) is 0 Å². The first-order valence-corrected chi connectivity index (χ1v) is 7.36. The number of aromatic nitrogens is 3. The zero-order valence-corrected chi connectivity index (χ0v) is 12.6. The second-order valence-electron chi connectivity index (χ2n) is 5.36. The van der Waals surface area contributed by atoms with Crippen LogP contribution in [0, 0.1) is 0 Å². The second-order valence-corrected chi connectivity index (χ2v) is 5.36. The van der Waals surface area contributed by atoms with Gasteiger partial charge < -0.3 is 5.32 Å². The number of nitrogens with zero attached hydrogens (tertiary/aromatic N) is 3. The Hall–Kier alpha value is -1.68. The van der Waals surface area contributed by atoms with Gasteiger partial charge in [-0.15, -0.1) is 0 Å². The molecular weight excluding hydrogens is 248 g/mol. The molecule has 0 fully saturated rings. The van der Waals surface area contributed by atoms with Crippen LogP contribution in [0.4, 0.5) is 0 Å². The van der Waals surface area contributed by atoms with Crippen LogP contribution in [0.3, 0.4) is 0 Å². The molecule has 4 nitrogen and oxygen atoms in total. The van der Waals surface area contributed by atoms with Crippen molar-refractivity contribution in [3.63, 3.8) is 0 Å². The zero-order valence-electron chi connectivity index (χ0n) is 12.6. The molecule has 0 spiro atoms. The van der Waals surface area contributed by atoms with Gasteiger partial charge >= 0.3 is 0 Å². The quantitative estimate of drug-likeness (QED) is 0.842. The van der Waals surface area contributed by atoms with Gasteiger partial charge in [0.1, 0.15) is 12.2 Å². The zero-order chi connectivity index (χ0) is 14.4. The maximum Gasteiger partial charge on any atom is 0.138 e. The molecule has 0 radical (unpaired) electrons. The molecule has 0 aliphatic heterocycles. The van der Waals surface area contributed by atoms with Crippen molar-refractivity contribution in [3.05, 3.63) is 48.0 Å². The van der Waals surface area contributed by atoms with E-state index in [0.29, 0.717) is 12.1 Å². The molecule has 2 aromatic rings. The first kappa shape index (κ1) is 14.7. The van der Waals surface area contributed by atoms with Gasteiger partial charge in [-0.2, -0.15) is 5.10 Å². The molecule has 0 amide bonds. The highest BCUT2D eigenvalue weighted by Crippen LogP contribution is 2.11. The van der Waals surface area contributed by atoms with Gasteiger partial charge in [-0.1, -0.05) is 37.3 Å². The maximum absolute atomic E-state index is 4.41. The molecule has 1 N–H and O–H groups in total. The van der Waals surface area contributed by atoms with E-state index in [-0.39, 0.29) is 0 Å². The lowest BCUT2D eigenvalue weighted by atomic mass is 10.0. The van der Waals surface area contributed by atoms with Gasteiger partial charge in [-0.3, -0.25) is 0 Å². The van der Waals surface area contributed by atoms with E-state index < -0.39 is 0 Å². The van der Waals surface area contributed by atoms with Crippen molar-refractivity contribution >= 4 is 0 Å². The summed E-state index contributed by atoms with van der Waals surface area (Å²) in [5.74, 6) is 1.06. The molecule has 4 heteroatoms. The Labute approximate surface area is 121 Å². The molecule has 1 unspecified atom stereocenters. The van der Waals surface area contributed by atoms with E-state index in [1.807, 2.05) is 4.68 Å². The van der Waals surface area contributed by atoms with Crippen LogP contribution in [0.2, 0.25) is 0 Å². The van der Waals surface area contributed by atoms with Crippen LogP contribution in [-0.2, 0) is 12.8 Å². The average Bonchev–Trinajstić information content (AvgIpc) is 2.88. The van der Waals surface area contributed by atoms with E-state index in [2.05, 4.69) is 66.5 Å². The summed E-state index contributed by atoms with van der Waals surface area (Å²) in [5.41, 5.74) is 1.36. The number of likely N-dealkylation sites (N-methyl/N-ethyl adjacent to an activating group) is 1. The Kier molecular flexibility index (Phi) is 5.30. The van der Waals surface area contributed by atoms with Crippen LogP contribution in [-0.4, -0.2) is 27.4 Å². The fourth-order valence-electron chi connectivity index (χ4n) is 2.48. The number of hydrogen-bond acceptors (Lipinski definition) is 3. The molecule has 1 aromatic carbocycles. The van der Waals surface area contributed by atoms with E-state index in [1.165, 1.54) is 5.56 Å². The summed E-state index contributed by atoms with van der Waals surface area (Å²) in [6, 6.07) is 11.3. The van der Waals surface area contributed by atoms with Gasteiger partial charge in [-0.05, 0) is 32.4 Å². The third-order valence-corrected chi connectivity index (χ3v) is 3.38. The summed E-state index contributed by atoms with van der Waals surface area (Å²) >= 11 is 0. The van der Waals surface area contributed by atoms with E-state index in [1.54, 1.807) is 6.33 Å². The Morgan fingerprint density at radius 1 is 1.15 bits per heavy atom. The minimum Gasteiger partial charge on any atom is -0.313 e. The van der Waals surface area contributed by atoms with Crippen LogP contribution >= 0.6 is 0 Å². The van der Waals surface area contributed by atoms with Crippen molar-refractivity contribution in [3.8, 4) is 0 Å². The molecule has 0 aliphatic carbocycles. The summed E-state index contributed by atoms with van der Waals surface area (Å²) in [4.78, 5) is 4.41. The topological polar surface area (TPSA) is 42.7 Å². The van der Waals surface area contributed by atoms with E-state index in [9.17, 15) is 0 Å². The average molecular weight is 272 g/mol. The monoisotopic (exact) mass is 272 g/mol. The molecule has 0 aliphatic rings. The summed E-state index contributed by atoms with van der Waals surface area (Å²) in [7, 11) is 0. The van der Waals surface area contributed by atoms with Gasteiger partial charge in [0.25, 0.3) is 0 Å². The van der Waals surface area contributed by atoms with Gasteiger partial charge in [0.2, 0.25) is 0 Å². The van der Waals surface area contributed by atoms with Gasteiger partial charge in [0, 0.05) is 18.5 Å². The van der Waals surface area contributed by atoms with Crippen LogP contribution in [0.1, 0.15) is 38.2 Å². The third-order valence-electron chi connectivity index (χ3n) is 3.38. The van der Waals surface area contributed by atoms with Crippen LogP contribution < -0.4 is 5.32 Å². The summed E-state index contributed by atoms with van der Waals surface area (Å²) in [5, 5.41) is 7.87. The van der Waals surface area contributed by atoms with Crippen molar-refractivity contribution in [2.75, 3.05) is 6.54 Å². The Bertz CT molecular complexity index is 504. The number of benzene rings is 1. The Morgan fingerprint density at radius 2 is 1.90 bits per heavy atom. The van der Waals surface area contributed by atoms with Crippen molar-refractivity contribution < 1.29 is 0 Å². The molecule has 1 heterocycles. The normalized spacial score (nSPS) is 12.8. The number of nitrogens with one attached hydrogen (secondary N) is 1. The van der Waals surface area contributed by atoms with Crippen molar-refractivity contribution in [1.82, 2.24) is 20.1 Å². The van der Waals surface area contributed by atoms with Crippen LogP contribution in [0.15, 0.2) is 36.7 Å². The van der Waals surface area contributed by atoms with E-state index in [4.69, 9.17) is 0 Å². The molecule has 0 bridgehead atoms. The Morgan fingerprint density at radius 3 is 2.55 bits per heavy atom. The van der Waals surface area contributed by atoms with Crippen molar-refractivity contribution in [2.45, 2.75) is 45.7 Å². The van der Waals surface area contributed by atoms with Gasteiger partial charge in [-0.25, -0.2) is 9.67 Å². The first-order valence-electron chi connectivity index (χ1n) is 7.36. The predicted molar refractivity (Wildman–Crippen MR) is 81.7 cm³/mol. The molecule has 2 rings (SSSR count). The minimum atomic E-state index is 0.353. The summed E-state index contributed by atoms with van der Waals surface area (Å²) in [6.45, 7) is 7.38. The molecule has 108 valence electrons. The van der Waals surface area contributed by atoms with Crippen LogP contribution in [0.5, 0.6) is 0 Å². The second kappa shape index (κ2) is 7.20. The molecular formula is C16H24N4. The lowest BCUT2D eigenvalue weighted by Crippen LogP contribution is -2.34. The van der Waals surface area contributed by atoms with Crippen LogP contribution in [0.25, 0.3) is 0 Å². The first-order chi connectivity index (χ1) is 9.70. The highest BCUT2D eigenvalue weighted by molar-refractivity contribution is 5.16. The highest BCUT2D eigenvalue weighted by Gasteiger charge is 2.15. The molecule has 0 saturated carbocycles. The highest BCUT2D eigenvalue weighted by atomic mass is 15.3. The largest absolute Gasteiger partial charge is 0.313 e. The molecule has 1 aromatic heterocycles. The number of hydrogen-bond donors (Lipinski definition) is 1. The smallest absolute Gasteiger partial charge is 0.138 e. The lowest BCUT2D eigenvalue weighted by Gasteiger charge is -2.19. The molecule has 20 heavy (non-hydrogen) atoms. The molecule has 1 atom stereocenters. The maximum atomic E-state index is 4.41. The van der Waals surface area contributed by atoms with Gasteiger partial charge in [0.05, 0.1) is 0 Å². The third kappa shape index (κ3) is 3.90. The minimum absolute atomic E-state index is 0.353. The lowest BCUT2D eigenvalue weighted by molar-refractivity contribution is 0.459. The number of rotatable bonds is 7. The van der Waals surface area contributed by atoms with E-state index >= 15 is 0 Å². The standard InChI is InChI=1S/C16H24N4/c1-4-17-15(10-14-8-6-5-7-9-14)11-16-18-12-19-20(16)13(2)3/h5-9,12-13,15,17H,4,10-11H2,1-3H3. The van der Waals surface area contributed by atoms with Gasteiger partial charge in [0.15, 0.2) is 0 Å². The summed E-state index contributed by atoms with van der Waals surface area (Å²) in [6.07, 6.45) is 3.57. The summed E-state index contributed by atoms with van der Waals surface area (Å²) < 4.78 is 2.01.